The maximum Gasteiger partial charge on any atom is 0.146 e. The zero-order chi connectivity index (χ0) is 21.3. The van der Waals surface area contributed by atoms with Gasteiger partial charge in [-0.1, -0.05) is 58.1 Å². The molecule has 0 spiro atoms. The molecule has 30 heavy (non-hydrogen) atoms. The largest absolute Gasteiger partial charge is 0.359 e. The molecule has 0 bridgehead atoms. The van der Waals surface area contributed by atoms with Crippen molar-refractivity contribution in [3.05, 3.63) is 11.1 Å². The molecule has 0 aromatic carbocycles. The van der Waals surface area contributed by atoms with E-state index in [2.05, 4.69) is 27.7 Å². The van der Waals surface area contributed by atoms with E-state index in [1.165, 1.54) is 77.0 Å². The van der Waals surface area contributed by atoms with Crippen LogP contribution in [0.25, 0.3) is 0 Å². The Kier molecular flexibility index (Phi) is 7.35. The van der Waals surface area contributed by atoms with Gasteiger partial charge in [0, 0.05) is 7.11 Å². The molecule has 2 heteroatoms. The van der Waals surface area contributed by atoms with E-state index in [0.29, 0.717) is 18.3 Å². The van der Waals surface area contributed by atoms with Crippen molar-refractivity contribution in [2.45, 2.75) is 111 Å². The van der Waals surface area contributed by atoms with Gasteiger partial charge in [-0.2, -0.15) is 0 Å². The molecule has 4 aliphatic rings. The zero-order valence-corrected chi connectivity index (χ0v) is 20.6. The molecule has 7 atom stereocenters. The van der Waals surface area contributed by atoms with Gasteiger partial charge in [0.25, 0.3) is 0 Å². The van der Waals surface area contributed by atoms with E-state index in [-0.39, 0.29) is 0 Å². The Bertz CT molecular complexity index is 608. The maximum absolute atomic E-state index is 5.97. The van der Waals surface area contributed by atoms with Crippen LogP contribution in [0.15, 0.2) is 11.1 Å². The van der Waals surface area contributed by atoms with Gasteiger partial charge in [0.2, 0.25) is 0 Å². The van der Waals surface area contributed by atoms with Gasteiger partial charge < -0.3 is 9.47 Å². The van der Waals surface area contributed by atoms with Crippen LogP contribution in [0.1, 0.15) is 105 Å². The predicted molar refractivity (Wildman–Crippen MR) is 125 cm³/mol. The highest BCUT2D eigenvalue weighted by Crippen LogP contribution is 2.64. The van der Waals surface area contributed by atoms with Gasteiger partial charge in [0.15, 0.2) is 0 Å². The number of ether oxygens (including phenoxy) is 2. The van der Waals surface area contributed by atoms with E-state index in [9.17, 15) is 0 Å². The third-order valence-corrected chi connectivity index (χ3v) is 9.90. The molecule has 0 radical (unpaired) electrons. The molecule has 0 N–H and O–H groups in total. The molecule has 0 amide bonds. The van der Waals surface area contributed by atoms with E-state index < -0.39 is 0 Å². The number of fused-ring (bicyclic) bond motifs is 4. The molecule has 0 heterocycles. The summed E-state index contributed by atoms with van der Waals surface area (Å²) >= 11 is 0. The lowest BCUT2D eigenvalue weighted by molar-refractivity contribution is -0.0783. The number of allylic oxidation sites excluding steroid dienone is 1. The standard InChI is InChI=1S/C28H48O2/c1-19(2)8-6-7-9-21-10-13-27-26-16-20(3)25-17-22(30-18-29-5)11-12-23(25)24(26)14-15-28(21,27)4/h19-22,24,26-27H,6-18H2,1-5H3/t20?,21-,22?,24?,26?,27?,28?/m0/s1. The first-order valence-electron chi connectivity index (χ1n) is 13.3. The molecule has 0 aliphatic heterocycles. The fraction of sp³-hybridized carbons (Fsp3) is 0.929. The highest BCUT2D eigenvalue weighted by atomic mass is 16.7. The van der Waals surface area contributed by atoms with E-state index in [4.69, 9.17) is 9.47 Å². The van der Waals surface area contributed by atoms with Crippen LogP contribution in [0.2, 0.25) is 0 Å². The summed E-state index contributed by atoms with van der Waals surface area (Å²) in [6, 6.07) is 0. The van der Waals surface area contributed by atoms with Crippen molar-refractivity contribution in [3.8, 4) is 0 Å². The van der Waals surface area contributed by atoms with Crippen molar-refractivity contribution in [1.82, 2.24) is 0 Å². The van der Waals surface area contributed by atoms with Crippen LogP contribution < -0.4 is 0 Å². The van der Waals surface area contributed by atoms with Crippen LogP contribution in [0.4, 0.5) is 0 Å². The van der Waals surface area contributed by atoms with Gasteiger partial charge in [-0.3, -0.25) is 0 Å². The van der Waals surface area contributed by atoms with E-state index in [0.717, 1.165) is 35.5 Å². The Morgan fingerprint density at radius 1 is 1.07 bits per heavy atom. The zero-order valence-electron chi connectivity index (χ0n) is 20.6. The topological polar surface area (TPSA) is 18.5 Å². The van der Waals surface area contributed by atoms with Crippen LogP contribution in [-0.4, -0.2) is 20.0 Å². The number of unbranched alkanes of at least 4 members (excludes halogenated alkanes) is 1. The average molecular weight is 417 g/mol. The van der Waals surface area contributed by atoms with Crippen molar-refractivity contribution in [2.24, 2.45) is 40.9 Å². The number of hydrogen-bond donors (Lipinski definition) is 0. The number of rotatable bonds is 8. The molecule has 2 nitrogen and oxygen atoms in total. The first-order chi connectivity index (χ1) is 14.4. The Hall–Kier alpha value is -0.340. The maximum atomic E-state index is 5.97. The van der Waals surface area contributed by atoms with E-state index >= 15 is 0 Å². The van der Waals surface area contributed by atoms with E-state index in [1.54, 1.807) is 12.7 Å². The summed E-state index contributed by atoms with van der Waals surface area (Å²) in [4.78, 5) is 0. The Morgan fingerprint density at radius 2 is 1.90 bits per heavy atom. The first-order valence-corrected chi connectivity index (χ1v) is 13.3. The molecule has 6 unspecified atom stereocenters. The third-order valence-electron chi connectivity index (χ3n) is 9.90. The summed E-state index contributed by atoms with van der Waals surface area (Å²) in [6.45, 7) is 10.4. The summed E-state index contributed by atoms with van der Waals surface area (Å²) in [5.74, 6) is 5.49. The second-order valence-electron chi connectivity index (χ2n) is 12.0. The quantitative estimate of drug-likeness (QED) is 0.228. The van der Waals surface area contributed by atoms with Crippen molar-refractivity contribution in [2.75, 3.05) is 13.9 Å². The second kappa shape index (κ2) is 9.65. The molecule has 0 aromatic rings. The van der Waals surface area contributed by atoms with Crippen molar-refractivity contribution < 1.29 is 9.47 Å². The van der Waals surface area contributed by atoms with Gasteiger partial charge in [0.1, 0.15) is 6.79 Å². The fourth-order valence-electron chi connectivity index (χ4n) is 8.33. The molecule has 0 aromatic heterocycles. The second-order valence-corrected chi connectivity index (χ2v) is 12.0. The van der Waals surface area contributed by atoms with Gasteiger partial charge >= 0.3 is 0 Å². The average Bonchev–Trinajstić information content (AvgIpc) is 3.06. The normalized spacial score (nSPS) is 41.0. The molecule has 2 saturated carbocycles. The summed E-state index contributed by atoms with van der Waals surface area (Å²) in [5.41, 5.74) is 4.31. The van der Waals surface area contributed by atoms with Crippen molar-refractivity contribution in [1.29, 1.82) is 0 Å². The first kappa shape index (κ1) is 22.8. The Balaban J connectivity index is 1.42. The van der Waals surface area contributed by atoms with Crippen LogP contribution in [0, 0.1) is 40.9 Å². The Labute approximate surface area is 186 Å². The van der Waals surface area contributed by atoms with Gasteiger partial charge in [-0.25, -0.2) is 0 Å². The fourth-order valence-corrected chi connectivity index (χ4v) is 8.33. The lowest BCUT2D eigenvalue weighted by atomic mass is 9.51. The monoisotopic (exact) mass is 416 g/mol. The minimum Gasteiger partial charge on any atom is -0.359 e. The predicted octanol–water partition coefficient (Wildman–Crippen LogP) is 7.77. The van der Waals surface area contributed by atoms with Crippen LogP contribution >= 0.6 is 0 Å². The van der Waals surface area contributed by atoms with Crippen molar-refractivity contribution >= 4 is 0 Å². The molecular weight excluding hydrogens is 368 g/mol. The molecule has 4 rings (SSSR count). The van der Waals surface area contributed by atoms with Gasteiger partial charge in [0.05, 0.1) is 6.10 Å². The molecule has 2 fully saturated rings. The minimum atomic E-state index is 0.387. The molecular formula is C28H48O2. The minimum absolute atomic E-state index is 0.387. The highest BCUT2D eigenvalue weighted by Gasteiger charge is 2.55. The van der Waals surface area contributed by atoms with Crippen LogP contribution in [0.3, 0.4) is 0 Å². The molecule has 0 saturated heterocycles. The summed E-state index contributed by atoms with van der Waals surface area (Å²) < 4.78 is 11.1. The third kappa shape index (κ3) is 4.42. The number of hydrogen-bond acceptors (Lipinski definition) is 2. The van der Waals surface area contributed by atoms with Crippen LogP contribution in [-0.2, 0) is 9.47 Å². The van der Waals surface area contributed by atoms with Crippen LogP contribution in [0.5, 0.6) is 0 Å². The highest BCUT2D eigenvalue weighted by molar-refractivity contribution is 5.29. The van der Waals surface area contributed by atoms with Gasteiger partial charge in [-0.05, 0) is 98.7 Å². The van der Waals surface area contributed by atoms with Crippen molar-refractivity contribution in [3.63, 3.8) is 0 Å². The Morgan fingerprint density at radius 3 is 2.67 bits per heavy atom. The lowest BCUT2D eigenvalue weighted by Gasteiger charge is -2.54. The molecule has 172 valence electrons. The van der Waals surface area contributed by atoms with Gasteiger partial charge in [-0.15, -0.1) is 0 Å². The lowest BCUT2D eigenvalue weighted by Crippen LogP contribution is -2.45. The SMILES string of the molecule is COCOC1CCC2=C(C1)C(C)CC1C2CCC2(C)C1CC[C@@H]2CCCCC(C)C. The number of methoxy groups -OCH3 is 1. The molecule has 4 aliphatic carbocycles. The summed E-state index contributed by atoms with van der Waals surface area (Å²) in [5, 5.41) is 0. The van der Waals surface area contributed by atoms with E-state index in [1.807, 2.05) is 5.57 Å². The summed E-state index contributed by atoms with van der Waals surface area (Å²) in [6.07, 6.45) is 17.3. The smallest absolute Gasteiger partial charge is 0.146 e. The summed E-state index contributed by atoms with van der Waals surface area (Å²) in [7, 11) is 1.74.